The van der Waals surface area contributed by atoms with E-state index >= 15 is 0 Å². The van der Waals surface area contributed by atoms with E-state index < -0.39 is 11.9 Å². The second kappa shape index (κ2) is 4.78. The monoisotopic (exact) mass is 255 g/mol. The number of halogens is 2. The average Bonchev–Trinajstić information content (AvgIpc) is 2.34. The molecule has 1 aliphatic rings. The van der Waals surface area contributed by atoms with Crippen LogP contribution in [0.1, 0.15) is 0 Å². The Balaban J connectivity index is 2.28. The number of hydrogen-bond donors (Lipinski definition) is 1. The predicted molar refractivity (Wildman–Crippen MR) is 63.4 cm³/mol. The van der Waals surface area contributed by atoms with Crippen LogP contribution in [0.25, 0.3) is 0 Å². The number of nitrogen functional groups attached to an aromatic ring is 1. The van der Waals surface area contributed by atoms with E-state index in [2.05, 4.69) is 0 Å². The zero-order chi connectivity index (χ0) is 12.4. The quantitative estimate of drug-likeness (QED) is 0.777. The van der Waals surface area contributed by atoms with Crippen molar-refractivity contribution < 1.29 is 9.13 Å². The molecule has 1 fully saturated rings. The lowest BCUT2D eigenvalue weighted by Gasteiger charge is -2.32. The van der Waals surface area contributed by atoms with Crippen molar-refractivity contribution in [3.8, 4) is 6.07 Å². The van der Waals surface area contributed by atoms with Gasteiger partial charge in [0.1, 0.15) is 5.82 Å². The number of nitrogens with zero attached hydrogens (tertiary/aromatic N) is 2. The topological polar surface area (TPSA) is 62.3 Å². The molecule has 1 atom stereocenters. The van der Waals surface area contributed by atoms with Crippen molar-refractivity contribution in [1.29, 1.82) is 5.26 Å². The van der Waals surface area contributed by atoms with Gasteiger partial charge in [0.15, 0.2) is 6.10 Å². The molecule has 90 valence electrons. The minimum absolute atomic E-state index is 0.0224. The normalized spacial score (nSPS) is 20.1. The Morgan fingerprint density at radius 1 is 1.59 bits per heavy atom. The first-order valence-electron chi connectivity index (χ1n) is 5.12. The predicted octanol–water partition coefficient (Wildman–Crippen LogP) is 1.79. The lowest BCUT2D eigenvalue weighted by Crippen LogP contribution is -2.42. The van der Waals surface area contributed by atoms with Gasteiger partial charge in [0.2, 0.25) is 0 Å². The summed E-state index contributed by atoms with van der Waals surface area (Å²) in [6.07, 6.45) is -0.494. The molecule has 0 spiro atoms. The third kappa shape index (κ3) is 2.43. The van der Waals surface area contributed by atoms with E-state index in [4.69, 9.17) is 27.3 Å². The van der Waals surface area contributed by atoms with Gasteiger partial charge in [-0.1, -0.05) is 11.6 Å². The molecule has 0 bridgehead atoms. The van der Waals surface area contributed by atoms with Crippen molar-refractivity contribution in [2.24, 2.45) is 0 Å². The van der Waals surface area contributed by atoms with Crippen molar-refractivity contribution in [2.45, 2.75) is 6.10 Å². The van der Waals surface area contributed by atoms with Crippen LogP contribution in [0.5, 0.6) is 0 Å². The van der Waals surface area contributed by atoms with Gasteiger partial charge in [-0.05, 0) is 6.07 Å². The van der Waals surface area contributed by atoms with Crippen molar-refractivity contribution in [2.75, 3.05) is 30.3 Å². The molecular weight excluding hydrogens is 245 g/mol. The molecule has 2 rings (SSSR count). The molecule has 4 nitrogen and oxygen atoms in total. The van der Waals surface area contributed by atoms with E-state index in [9.17, 15) is 4.39 Å². The smallest absolute Gasteiger partial charge is 0.161 e. The first kappa shape index (κ1) is 12.0. The number of benzene rings is 1. The van der Waals surface area contributed by atoms with Crippen molar-refractivity contribution in [3.63, 3.8) is 0 Å². The second-order valence-corrected chi connectivity index (χ2v) is 4.17. The van der Waals surface area contributed by atoms with Gasteiger partial charge in [0, 0.05) is 12.6 Å². The summed E-state index contributed by atoms with van der Waals surface area (Å²) in [6.45, 7) is 1.44. The summed E-state index contributed by atoms with van der Waals surface area (Å²) in [6, 6.07) is 4.70. The summed E-state index contributed by atoms with van der Waals surface area (Å²) in [5.74, 6) is -0.544. The van der Waals surface area contributed by atoms with Crippen LogP contribution in [-0.4, -0.2) is 25.8 Å². The lowest BCUT2D eigenvalue weighted by molar-refractivity contribution is 0.0765. The van der Waals surface area contributed by atoms with Crippen LogP contribution in [-0.2, 0) is 4.74 Å². The Morgan fingerprint density at radius 3 is 3.06 bits per heavy atom. The summed E-state index contributed by atoms with van der Waals surface area (Å²) in [5, 5.41) is 8.83. The number of morpholine rings is 1. The Labute approximate surface area is 103 Å². The highest BCUT2D eigenvalue weighted by atomic mass is 35.5. The minimum Gasteiger partial charge on any atom is -0.397 e. The zero-order valence-corrected chi connectivity index (χ0v) is 9.75. The highest BCUT2D eigenvalue weighted by molar-refractivity contribution is 6.31. The standard InChI is InChI=1S/C11H11ClFN3O/c12-8-3-11(10(15)4-9(8)13)16-1-2-17-7(5-14)6-16/h3-4,7H,1-2,6,15H2. The molecule has 1 aromatic rings. The van der Waals surface area contributed by atoms with Crippen molar-refractivity contribution >= 4 is 23.0 Å². The third-order valence-electron chi connectivity index (χ3n) is 2.62. The number of rotatable bonds is 1. The molecule has 17 heavy (non-hydrogen) atoms. The van der Waals surface area contributed by atoms with E-state index in [-0.39, 0.29) is 5.02 Å². The molecule has 0 aliphatic carbocycles. The molecular formula is C11H11ClFN3O. The van der Waals surface area contributed by atoms with E-state index in [0.29, 0.717) is 31.1 Å². The lowest BCUT2D eigenvalue weighted by atomic mass is 10.2. The molecule has 1 unspecified atom stereocenters. The number of ether oxygens (including phenoxy) is 1. The van der Waals surface area contributed by atoms with Crippen LogP contribution in [0, 0.1) is 17.1 Å². The molecule has 2 N–H and O–H groups in total. The molecule has 1 saturated heterocycles. The van der Waals surface area contributed by atoms with Gasteiger partial charge in [0.25, 0.3) is 0 Å². The molecule has 0 aromatic heterocycles. The highest BCUT2D eigenvalue weighted by Gasteiger charge is 2.22. The maximum Gasteiger partial charge on any atom is 0.161 e. The molecule has 1 aromatic carbocycles. The minimum atomic E-state index is -0.544. The first-order valence-corrected chi connectivity index (χ1v) is 5.50. The van der Waals surface area contributed by atoms with Crippen molar-refractivity contribution in [3.05, 3.63) is 23.0 Å². The van der Waals surface area contributed by atoms with E-state index in [1.807, 2.05) is 11.0 Å². The molecule has 0 saturated carbocycles. The van der Waals surface area contributed by atoms with E-state index in [1.165, 1.54) is 12.1 Å². The van der Waals surface area contributed by atoms with Crippen LogP contribution < -0.4 is 10.6 Å². The van der Waals surface area contributed by atoms with E-state index in [1.54, 1.807) is 0 Å². The van der Waals surface area contributed by atoms with Gasteiger partial charge in [-0.15, -0.1) is 0 Å². The number of hydrogen-bond acceptors (Lipinski definition) is 4. The average molecular weight is 256 g/mol. The number of nitriles is 1. The molecule has 6 heteroatoms. The second-order valence-electron chi connectivity index (χ2n) is 3.76. The maximum absolute atomic E-state index is 13.2. The van der Waals surface area contributed by atoms with Gasteiger partial charge >= 0.3 is 0 Å². The molecule has 0 amide bonds. The fourth-order valence-corrected chi connectivity index (χ4v) is 1.93. The Kier molecular flexibility index (Phi) is 3.36. The van der Waals surface area contributed by atoms with Crippen LogP contribution >= 0.6 is 11.6 Å². The Morgan fingerprint density at radius 2 is 2.35 bits per heavy atom. The van der Waals surface area contributed by atoms with Gasteiger partial charge < -0.3 is 15.4 Å². The fraction of sp³-hybridized carbons (Fsp3) is 0.364. The third-order valence-corrected chi connectivity index (χ3v) is 2.91. The summed E-state index contributed by atoms with van der Waals surface area (Å²) >= 11 is 5.72. The zero-order valence-electron chi connectivity index (χ0n) is 8.99. The van der Waals surface area contributed by atoms with Crippen LogP contribution in [0.2, 0.25) is 5.02 Å². The Hall–Kier alpha value is -1.51. The molecule has 1 aliphatic heterocycles. The number of nitrogens with two attached hydrogens (primary N) is 1. The van der Waals surface area contributed by atoms with Crippen molar-refractivity contribution in [1.82, 2.24) is 0 Å². The van der Waals surface area contributed by atoms with Crippen LogP contribution in [0.15, 0.2) is 12.1 Å². The van der Waals surface area contributed by atoms with Crippen LogP contribution in [0.3, 0.4) is 0 Å². The highest BCUT2D eigenvalue weighted by Crippen LogP contribution is 2.30. The van der Waals surface area contributed by atoms with Crippen LogP contribution in [0.4, 0.5) is 15.8 Å². The fourth-order valence-electron chi connectivity index (χ4n) is 1.77. The van der Waals surface area contributed by atoms with Gasteiger partial charge in [0.05, 0.1) is 35.6 Å². The van der Waals surface area contributed by atoms with E-state index in [0.717, 1.165) is 0 Å². The molecule has 0 radical (unpaired) electrons. The summed E-state index contributed by atoms with van der Waals surface area (Å²) in [7, 11) is 0. The van der Waals surface area contributed by atoms with Gasteiger partial charge in [-0.3, -0.25) is 0 Å². The molecule has 1 heterocycles. The van der Waals surface area contributed by atoms with Gasteiger partial charge in [-0.25, -0.2) is 4.39 Å². The Bertz CT molecular complexity index is 475. The SMILES string of the molecule is N#CC1CN(c2cc(Cl)c(F)cc2N)CCO1. The summed E-state index contributed by atoms with van der Waals surface area (Å²) < 4.78 is 18.4. The first-order chi connectivity index (χ1) is 8.11. The van der Waals surface area contributed by atoms with Gasteiger partial charge in [-0.2, -0.15) is 5.26 Å². The number of anilines is 2. The summed E-state index contributed by atoms with van der Waals surface area (Å²) in [4.78, 5) is 1.87. The maximum atomic E-state index is 13.2. The largest absolute Gasteiger partial charge is 0.397 e. The summed E-state index contributed by atoms with van der Waals surface area (Å²) in [5.41, 5.74) is 6.69.